The van der Waals surface area contributed by atoms with E-state index in [9.17, 15) is 4.79 Å². The molecule has 0 N–H and O–H groups in total. The van der Waals surface area contributed by atoms with E-state index in [0.29, 0.717) is 0 Å². The molecule has 1 aliphatic heterocycles. The Kier molecular flexibility index (Phi) is 6.17. The number of rotatable bonds is 4. The van der Waals surface area contributed by atoms with Crippen molar-refractivity contribution in [1.82, 2.24) is 9.80 Å². The van der Waals surface area contributed by atoms with Crippen LogP contribution >= 0.6 is 15.9 Å². The molecule has 1 heterocycles. The van der Waals surface area contributed by atoms with Crippen LogP contribution in [0.4, 0.5) is 0 Å². The van der Waals surface area contributed by atoms with Gasteiger partial charge in [-0.3, -0.25) is 9.69 Å². The second kappa shape index (κ2) is 8.34. The quantitative estimate of drug-likeness (QED) is 0.782. The van der Waals surface area contributed by atoms with Crippen LogP contribution in [0.5, 0.6) is 5.75 Å². The van der Waals surface area contributed by atoms with E-state index in [1.54, 1.807) is 0 Å². The van der Waals surface area contributed by atoms with E-state index in [0.717, 1.165) is 48.4 Å². The maximum atomic E-state index is 12.3. The molecular weight excluding hydrogens is 368 g/mol. The van der Waals surface area contributed by atoms with E-state index in [1.165, 1.54) is 25.7 Å². The van der Waals surface area contributed by atoms with Crippen molar-refractivity contribution in [3.8, 4) is 5.75 Å². The normalized spacial score (nSPS) is 25.5. The molecule has 24 heavy (non-hydrogen) atoms. The zero-order valence-electron chi connectivity index (χ0n) is 14.4. The molecule has 5 heteroatoms. The highest BCUT2D eigenvalue weighted by Crippen LogP contribution is 2.27. The van der Waals surface area contributed by atoms with Gasteiger partial charge >= 0.3 is 0 Å². The van der Waals surface area contributed by atoms with Crippen LogP contribution < -0.4 is 4.74 Å². The molecule has 0 spiro atoms. The Labute approximate surface area is 153 Å². The summed E-state index contributed by atoms with van der Waals surface area (Å²) in [5.41, 5.74) is 0. The van der Waals surface area contributed by atoms with Crippen LogP contribution in [0.15, 0.2) is 28.7 Å². The van der Waals surface area contributed by atoms with Crippen molar-refractivity contribution in [2.45, 2.75) is 38.6 Å². The third-order valence-electron chi connectivity index (χ3n) is 5.34. The van der Waals surface area contributed by atoms with E-state index >= 15 is 0 Å². The topological polar surface area (TPSA) is 32.8 Å². The lowest BCUT2D eigenvalue weighted by atomic mass is 9.86. The number of ether oxygens (including phenoxy) is 1. The first-order chi connectivity index (χ1) is 11.6. The number of carbonyl (C=O) groups is 1. The summed E-state index contributed by atoms with van der Waals surface area (Å²) in [6.45, 7) is 6.15. The number of hydrogen-bond donors (Lipinski definition) is 0. The van der Waals surface area contributed by atoms with Gasteiger partial charge in [0, 0.05) is 36.7 Å². The lowest BCUT2D eigenvalue weighted by Crippen LogP contribution is -2.53. The van der Waals surface area contributed by atoms with Gasteiger partial charge in [0.05, 0.1) is 0 Å². The van der Waals surface area contributed by atoms with Crippen molar-refractivity contribution in [3.05, 3.63) is 28.7 Å². The number of benzene rings is 1. The molecule has 132 valence electrons. The van der Waals surface area contributed by atoms with Gasteiger partial charge in [0.1, 0.15) is 5.75 Å². The van der Waals surface area contributed by atoms with Gasteiger partial charge in [0.2, 0.25) is 0 Å². The van der Waals surface area contributed by atoms with E-state index in [-0.39, 0.29) is 12.5 Å². The maximum Gasteiger partial charge on any atom is 0.260 e. The molecular formula is C19H27BrN2O2. The minimum atomic E-state index is 0.0924. The van der Waals surface area contributed by atoms with Gasteiger partial charge in [-0.2, -0.15) is 0 Å². The summed E-state index contributed by atoms with van der Waals surface area (Å²) < 4.78 is 6.61. The molecule has 2 fully saturated rings. The molecule has 0 aromatic heterocycles. The summed E-state index contributed by atoms with van der Waals surface area (Å²) in [6.07, 6.45) is 5.35. The van der Waals surface area contributed by atoms with Gasteiger partial charge in [-0.05, 0) is 55.9 Å². The standard InChI is InChI=1S/C19H27BrN2O2/c1-15-2-6-17(7-3-15)21-10-12-22(13-11-21)19(23)14-24-18-8-4-16(20)5-9-18/h4-5,8-9,15,17H,2-3,6-7,10-14H2,1H3. The maximum absolute atomic E-state index is 12.3. The molecule has 1 aromatic carbocycles. The molecule has 1 aliphatic carbocycles. The Balaban J connectivity index is 1.41. The first-order valence-corrected chi connectivity index (χ1v) is 9.81. The fraction of sp³-hybridized carbons (Fsp3) is 0.632. The van der Waals surface area contributed by atoms with Crippen LogP contribution in [-0.2, 0) is 4.79 Å². The molecule has 0 bridgehead atoms. The van der Waals surface area contributed by atoms with Crippen molar-refractivity contribution >= 4 is 21.8 Å². The van der Waals surface area contributed by atoms with E-state index in [2.05, 4.69) is 27.8 Å². The highest BCUT2D eigenvalue weighted by molar-refractivity contribution is 9.10. The third kappa shape index (κ3) is 4.73. The predicted molar refractivity (Wildman–Crippen MR) is 99.2 cm³/mol. The largest absolute Gasteiger partial charge is 0.484 e. The van der Waals surface area contributed by atoms with Gasteiger partial charge < -0.3 is 9.64 Å². The zero-order valence-corrected chi connectivity index (χ0v) is 16.0. The lowest BCUT2D eigenvalue weighted by Gasteiger charge is -2.41. The molecule has 0 atom stereocenters. The number of amides is 1. The average molecular weight is 395 g/mol. The summed E-state index contributed by atoms with van der Waals surface area (Å²) in [6, 6.07) is 8.32. The van der Waals surface area contributed by atoms with Crippen LogP contribution in [-0.4, -0.2) is 54.5 Å². The first kappa shape index (κ1) is 17.7. The van der Waals surface area contributed by atoms with Crippen molar-refractivity contribution in [3.63, 3.8) is 0 Å². The lowest BCUT2D eigenvalue weighted by molar-refractivity contribution is -0.135. The van der Waals surface area contributed by atoms with E-state index < -0.39 is 0 Å². The first-order valence-electron chi connectivity index (χ1n) is 9.02. The Morgan fingerprint density at radius 3 is 2.33 bits per heavy atom. The molecule has 1 saturated heterocycles. The Hall–Kier alpha value is -1.07. The van der Waals surface area contributed by atoms with E-state index in [4.69, 9.17) is 4.74 Å². The molecule has 3 rings (SSSR count). The van der Waals surface area contributed by atoms with Crippen molar-refractivity contribution in [2.75, 3.05) is 32.8 Å². The summed E-state index contributed by atoms with van der Waals surface area (Å²) >= 11 is 3.39. The van der Waals surface area contributed by atoms with Crippen LogP contribution in [0.25, 0.3) is 0 Å². The summed E-state index contributed by atoms with van der Waals surface area (Å²) in [4.78, 5) is 16.9. The van der Waals surface area contributed by atoms with Crippen LogP contribution in [0.1, 0.15) is 32.6 Å². The molecule has 4 nitrogen and oxygen atoms in total. The molecule has 2 aliphatic rings. The minimum Gasteiger partial charge on any atom is -0.484 e. The van der Waals surface area contributed by atoms with Crippen molar-refractivity contribution in [1.29, 1.82) is 0 Å². The third-order valence-corrected chi connectivity index (χ3v) is 5.87. The second-order valence-corrected chi connectivity index (χ2v) is 7.99. The molecule has 1 aromatic rings. The number of halogens is 1. The predicted octanol–water partition coefficient (Wildman–Crippen LogP) is 3.55. The molecule has 1 amide bonds. The van der Waals surface area contributed by atoms with Gasteiger partial charge in [-0.25, -0.2) is 0 Å². The number of piperazine rings is 1. The molecule has 1 saturated carbocycles. The average Bonchev–Trinajstić information content (AvgIpc) is 2.62. The van der Waals surface area contributed by atoms with Crippen molar-refractivity contribution in [2.24, 2.45) is 5.92 Å². The van der Waals surface area contributed by atoms with Gasteiger partial charge in [-0.15, -0.1) is 0 Å². The minimum absolute atomic E-state index is 0.0924. The Morgan fingerprint density at radius 2 is 1.71 bits per heavy atom. The summed E-state index contributed by atoms with van der Waals surface area (Å²) in [5, 5.41) is 0. The van der Waals surface area contributed by atoms with Gasteiger partial charge in [0.15, 0.2) is 6.61 Å². The summed E-state index contributed by atoms with van der Waals surface area (Å²) in [7, 11) is 0. The smallest absolute Gasteiger partial charge is 0.260 e. The SMILES string of the molecule is CC1CCC(N2CCN(C(=O)COc3ccc(Br)cc3)CC2)CC1. The number of nitrogens with zero attached hydrogens (tertiary/aromatic N) is 2. The number of carbonyl (C=O) groups excluding carboxylic acids is 1. The van der Waals surface area contributed by atoms with Crippen LogP contribution in [0.2, 0.25) is 0 Å². The van der Waals surface area contributed by atoms with E-state index in [1.807, 2.05) is 29.2 Å². The van der Waals surface area contributed by atoms with Gasteiger partial charge in [0.25, 0.3) is 5.91 Å². The zero-order chi connectivity index (χ0) is 16.9. The van der Waals surface area contributed by atoms with Gasteiger partial charge in [-0.1, -0.05) is 22.9 Å². The second-order valence-electron chi connectivity index (χ2n) is 7.07. The summed E-state index contributed by atoms with van der Waals surface area (Å²) in [5.74, 6) is 1.72. The highest BCUT2D eigenvalue weighted by Gasteiger charge is 2.28. The fourth-order valence-corrected chi connectivity index (χ4v) is 3.98. The monoisotopic (exact) mass is 394 g/mol. The number of hydrogen-bond acceptors (Lipinski definition) is 3. The molecule has 0 unspecified atom stereocenters. The Bertz CT molecular complexity index is 533. The highest BCUT2D eigenvalue weighted by atomic mass is 79.9. The van der Waals surface area contributed by atoms with Crippen LogP contribution in [0, 0.1) is 5.92 Å². The fourth-order valence-electron chi connectivity index (χ4n) is 3.71. The molecule has 0 radical (unpaired) electrons. The van der Waals surface area contributed by atoms with Crippen LogP contribution in [0.3, 0.4) is 0 Å². The Morgan fingerprint density at radius 1 is 1.08 bits per heavy atom. The van der Waals surface area contributed by atoms with Crippen molar-refractivity contribution < 1.29 is 9.53 Å².